The van der Waals surface area contributed by atoms with Gasteiger partial charge in [-0.1, -0.05) is 31.2 Å². The molecule has 0 bridgehead atoms. The molecule has 2 rings (SSSR count). The van der Waals surface area contributed by atoms with Crippen molar-refractivity contribution >= 4 is 37.5 Å². The Kier molecular flexibility index (Phi) is 8.98. The van der Waals surface area contributed by atoms with Crippen molar-refractivity contribution < 1.29 is 17.9 Å². The van der Waals surface area contributed by atoms with Gasteiger partial charge in [-0.05, 0) is 58.6 Å². The number of rotatable bonds is 11. The summed E-state index contributed by atoms with van der Waals surface area (Å²) in [4.78, 5) is 12.0. The number of amides is 1. The largest absolute Gasteiger partial charge is 0.492 e. The maximum Gasteiger partial charge on any atom is 0.232 e. The highest BCUT2D eigenvalue weighted by Crippen LogP contribution is 2.27. The molecule has 0 heterocycles. The van der Waals surface area contributed by atoms with Crippen LogP contribution in [-0.4, -0.2) is 40.3 Å². The van der Waals surface area contributed by atoms with Crippen LogP contribution in [0, 0.1) is 0 Å². The number of carbonyl (C=O) groups is 1. The summed E-state index contributed by atoms with van der Waals surface area (Å²) in [5.74, 6) is 0.643. The number of nitrogens with one attached hydrogen (secondary N) is 1. The van der Waals surface area contributed by atoms with E-state index in [4.69, 9.17) is 4.74 Å². The number of hydrogen-bond acceptors (Lipinski definition) is 4. The molecule has 2 aromatic rings. The highest BCUT2D eigenvalue weighted by atomic mass is 79.9. The van der Waals surface area contributed by atoms with Gasteiger partial charge >= 0.3 is 0 Å². The molecule has 0 spiro atoms. The third-order valence-electron chi connectivity index (χ3n) is 4.31. The van der Waals surface area contributed by atoms with E-state index in [1.54, 1.807) is 18.2 Å². The van der Waals surface area contributed by atoms with Crippen molar-refractivity contribution in [2.45, 2.75) is 26.2 Å². The van der Waals surface area contributed by atoms with E-state index in [9.17, 15) is 13.2 Å². The number of nitrogens with zero attached hydrogens (tertiary/aromatic N) is 1. The fourth-order valence-corrected chi connectivity index (χ4v) is 4.36. The topological polar surface area (TPSA) is 75.7 Å². The van der Waals surface area contributed by atoms with Crippen LogP contribution in [0.5, 0.6) is 5.75 Å². The lowest BCUT2D eigenvalue weighted by Gasteiger charge is -2.23. The SMILES string of the molecule is CCc1ccc(OCCNC(=O)CCCN(c2ccccc2Br)S(C)(=O)=O)cc1. The lowest BCUT2D eigenvalue weighted by molar-refractivity contribution is -0.121. The molecule has 0 aliphatic rings. The number of aryl methyl sites for hydroxylation is 1. The van der Waals surface area contributed by atoms with Crippen molar-refractivity contribution in [1.29, 1.82) is 0 Å². The van der Waals surface area contributed by atoms with Crippen LogP contribution in [0.2, 0.25) is 0 Å². The third-order valence-corrected chi connectivity index (χ3v) is 6.16. The average molecular weight is 483 g/mol. The lowest BCUT2D eigenvalue weighted by Crippen LogP contribution is -2.33. The van der Waals surface area contributed by atoms with E-state index >= 15 is 0 Å². The first kappa shape index (κ1) is 23.2. The second-order valence-electron chi connectivity index (χ2n) is 6.59. The minimum absolute atomic E-state index is 0.129. The summed E-state index contributed by atoms with van der Waals surface area (Å²) in [6.45, 7) is 3.10. The van der Waals surface area contributed by atoms with Crippen LogP contribution < -0.4 is 14.4 Å². The normalized spacial score (nSPS) is 11.1. The fraction of sp³-hybridized carbons (Fsp3) is 0.381. The lowest BCUT2D eigenvalue weighted by atomic mass is 10.2. The summed E-state index contributed by atoms with van der Waals surface area (Å²) in [5.41, 5.74) is 1.81. The molecule has 158 valence electrons. The Morgan fingerprint density at radius 3 is 2.45 bits per heavy atom. The molecule has 8 heteroatoms. The van der Waals surface area contributed by atoms with Crippen LogP contribution in [0.3, 0.4) is 0 Å². The Hall–Kier alpha value is -2.06. The number of hydrogen-bond donors (Lipinski definition) is 1. The predicted molar refractivity (Wildman–Crippen MR) is 120 cm³/mol. The van der Waals surface area contributed by atoms with Crippen LogP contribution >= 0.6 is 15.9 Å². The maximum absolute atomic E-state index is 12.1. The van der Waals surface area contributed by atoms with Gasteiger partial charge in [0.25, 0.3) is 0 Å². The van der Waals surface area contributed by atoms with Gasteiger partial charge in [0.1, 0.15) is 12.4 Å². The number of halogens is 1. The number of ether oxygens (including phenoxy) is 1. The summed E-state index contributed by atoms with van der Waals surface area (Å²) in [5, 5.41) is 2.80. The molecule has 1 amide bonds. The summed E-state index contributed by atoms with van der Waals surface area (Å²) in [6.07, 6.45) is 2.80. The van der Waals surface area contributed by atoms with E-state index in [1.165, 1.54) is 9.87 Å². The molecule has 29 heavy (non-hydrogen) atoms. The molecule has 0 aliphatic heterocycles. The Morgan fingerprint density at radius 1 is 1.14 bits per heavy atom. The van der Waals surface area contributed by atoms with Crippen molar-refractivity contribution in [3.63, 3.8) is 0 Å². The van der Waals surface area contributed by atoms with E-state index in [-0.39, 0.29) is 18.9 Å². The van der Waals surface area contributed by atoms with Gasteiger partial charge in [-0.15, -0.1) is 0 Å². The van der Waals surface area contributed by atoms with Gasteiger partial charge < -0.3 is 10.1 Å². The van der Waals surface area contributed by atoms with Crippen LogP contribution in [0.1, 0.15) is 25.3 Å². The van der Waals surface area contributed by atoms with E-state index in [2.05, 4.69) is 28.2 Å². The quantitative estimate of drug-likeness (QED) is 0.494. The summed E-state index contributed by atoms with van der Waals surface area (Å²) < 4.78 is 31.9. The number of benzene rings is 2. The van der Waals surface area contributed by atoms with Gasteiger partial charge in [-0.3, -0.25) is 9.10 Å². The van der Waals surface area contributed by atoms with Crippen LogP contribution in [-0.2, 0) is 21.2 Å². The number of para-hydroxylation sites is 1. The smallest absolute Gasteiger partial charge is 0.232 e. The zero-order chi connectivity index (χ0) is 21.3. The van der Waals surface area contributed by atoms with Gasteiger partial charge in [0.2, 0.25) is 15.9 Å². The van der Waals surface area contributed by atoms with Gasteiger partial charge in [0.05, 0.1) is 18.5 Å². The molecule has 0 atom stereocenters. The van der Waals surface area contributed by atoms with Gasteiger partial charge in [0.15, 0.2) is 0 Å². The highest BCUT2D eigenvalue weighted by molar-refractivity contribution is 9.10. The minimum Gasteiger partial charge on any atom is -0.492 e. The van der Waals surface area contributed by atoms with Crippen molar-refractivity contribution in [2.24, 2.45) is 0 Å². The molecule has 0 aromatic heterocycles. The molecular formula is C21H27BrN2O4S. The standard InChI is InChI=1S/C21H27BrN2O4S/c1-3-17-10-12-18(13-11-17)28-16-14-23-21(25)9-6-15-24(29(2,26)27)20-8-5-4-7-19(20)22/h4-5,7-8,10-13H,3,6,9,14-16H2,1-2H3,(H,23,25). The van der Waals surface area contributed by atoms with Crippen LogP contribution in [0.25, 0.3) is 0 Å². The molecule has 0 aliphatic carbocycles. The van der Waals surface area contributed by atoms with Gasteiger partial charge in [0, 0.05) is 17.4 Å². The zero-order valence-corrected chi connectivity index (χ0v) is 19.1. The third kappa shape index (κ3) is 7.70. The van der Waals surface area contributed by atoms with E-state index in [0.717, 1.165) is 18.4 Å². The van der Waals surface area contributed by atoms with Crippen molar-refractivity contribution in [2.75, 3.05) is 30.3 Å². The van der Waals surface area contributed by atoms with E-state index < -0.39 is 10.0 Å². The minimum atomic E-state index is -3.44. The van der Waals surface area contributed by atoms with E-state index in [1.807, 2.05) is 30.3 Å². The van der Waals surface area contributed by atoms with Crippen molar-refractivity contribution in [1.82, 2.24) is 5.32 Å². The molecule has 2 aromatic carbocycles. The Labute approximate surface area is 181 Å². The molecule has 0 saturated heterocycles. The number of sulfonamides is 1. The van der Waals surface area contributed by atoms with E-state index in [0.29, 0.717) is 29.7 Å². The fourth-order valence-electron chi connectivity index (χ4n) is 2.77. The first-order valence-corrected chi connectivity index (χ1v) is 12.2. The Morgan fingerprint density at radius 2 is 1.83 bits per heavy atom. The molecular weight excluding hydrogens is 456 g/mol. The highest BCUT2D eigenvalue weighted by Gasteiger charge is 2.19. The Balaban J connectivity index is 1.74. The molecule has 0 radical (unpaired) electrons. The van der Waals surface area contributed by atoms with Crippen molar-refractivity contribution in [3.05, 3.63) is 58.6 Å². The predicted octanol–water partition coefficient (Wildman–Crippen LogP) is 3.75. The second kappa shape index (κ2) is 11.2. The Bertz CT molecular complexity index is 901. The molecule has 1 N–H and O–H groups in total. The zero-order valence-electron chi connectivity index (χ0n) is 16.7. The molecule has 0 saturated carbocycles. The first-order chi connectivity index (χ1) is 13.8. The monoisotopic (exact) mass is 482 g/mol. The summed E-state index contributed by atoms with van der Waals surface area (Å²) >= 11 is 3.38. The molecule has 0 unspecified atom stereocenters. The van der Waals surface area contributed by atoms with Crippen LogP contribution in [0.4, 0.5) is 5.69 Å². The summed E-state index contributed by atoms with van der Waals surface area (Å²) in [6, 6.07) is 15.0. The van der Waals surface area contributed by atoms with Crippen LogP contribution in [0.15, 0.2) is 53.0 Å². The van der Waals surface area contributed by atoms with Gasteiger partial charge in [-0.2, -0.15) is 0 Å². The van der Waals surface area contributed by atoms with Gasteiger partial charge in [-0.25, -0.2) is 8.42 Å². The average Bonchev–Trinajstić information content (AvgIpc) is 2.69. The second-order valence-corrected chi connectivity index (χ2v) is 9.35. The summed E-state index contributed by atoms with van der Waals surface area (Å²) in [7, 11) is -3.44. The first-order valence-electron chi connectivity index (χ1n) is 9.52. The molecule has 6 nitrogen and oxygen atoms in total. The number of carbonyl (C=O) groups excluding carboxylic acids is 1. The molecule has 0 fully saturated rings. The number of anilines is 1. The maximum atomic E-state index is 12.1. The van der Waals surface area contributed by atoms with Crippen molar-refractivity contribution in [3.8, 4) is 5.75 Å².